The summed E-state index contributed by atoms with van der Waals surface area (Å²) in [7, 11) is 0. The fourth-order valence-corrected chi connectivity index (χ4v) is 2.62. The van der Waals surface area contributed by atoms with Gasteiger partial charge in [0.1, 0.15) is 10.3 Å². The molecule has 17 heavy (non-hydrogen) atoms. The van der Waals surface area contributed by atoms with Crippen LogP contribution in [0.25, 0.3) is 0 Å². The Morgan fingerprint density at radius 3 is 2.59 bits per heavy atom. The molecular weight excluding hydrogens is 259 g/mol. The highest BCUT2D eigenvalue weighted by molar-refractivity contribution is 6.32. The largest absolute Gasteiger partial charge is 0.373 e. The van der Waals surface area contributed by atoms with Gasteiger partial charge in [-0.3, -0.25) is 4.90 Å². The molecule has 1 aromatic rings. The Bertz CT molecular complexity index is 389. The van der Waals surface area contributed by atoms with E-state index >= 15 is 0 Å². The Hall–Kier alpha value is -0.350. The van der Waals surface area contributed by atoms with Crippen molar-refractivity contribution in [3.63, 3.8) is 0 Å². The minimum Gasteiger partial charge on any atom is -0.373 e. The maximum absolute atomic E-state index is 5.89. The van der Waals surface area contributed by atoms with Crippen LogP contribution in [0.15, 0.2) is 12.1 Å². The highest BCUT2D eigenvalue weighted by Crippen LogP contribution is 2.20. The predicted octanol–water partition coefficient (Wildman–Crippen LogP) is 3.00. The first-order valence-corrected chi connectivity index (χ1v) is 6.38. The Kier molecular flexibility index (Phi) is 3.93. The minimum atomic E-state index is -0.0845. The van der Waals surface area contributed by atoms with E-state index in [1.807, 2.05) is 12.1 Å². The number of ether oxygens (including phenoxy) is 1. The number of halogens is 2. The van der Waals surface area contributed by atoms with Crippen molar-refractivity contribution in [2.24, 2.45) is 0 Å². The number of aromatic nitrogens is 1. The van der Waals surface area contributed by atoms with Crippen LogP contribution in [0.2, 0.25) is 10.3 Å². The van der Waals surface area contributed by atoms with Gasteiger partial charge in [-0.1, -0.05) is 23.2 Å². The molecule has 3 nitrogen and oxygen atoms in total. The molecular formula is C12H16Cl2N2O. The molecule has 0 radical (unpaired) electrons. The molecule has 1 aliphatic rings. The summed E-state index contributed by atoms with van der Waals surface area (Å²) in [5.41, 5.74) is 1.01. The Morgan fingerprint density at radius 1 is 1.35 bits per heavy atom. The fraction of sp³-hybridized carbons (Fsp3) is 0.583. The van der Waals surface area contributed by atoms with E-state index in [0.29, 0.717) is 10.3 Å². The van der Waals surface area contributed by atoms with Crippen LogP contribution in [0, 0.1) is 0 Å². The summed E-state index contributed by atoms with van der Waals surface area (Å²) in [5.74, 6) is 0. The number of morpholine rings is 1. The quantitative estimate of drug-likeness (QED) is 0.776. The van der Waals surface area contributed by atoms with E-state index in [1.165, 1.54) is 0 Å². The highest BCUT2D eigenvalue weighted by Gasteiger charge is 2.27. The third kappa shape index (κ3) is 3.81. The Balaban J connectivity index is 2.05. The molecule has 1 saturated heterocycles. The van der Waals surface area contributed by atoms with Gasteiger partial charge in [-0.25, -0.2) is 4.98 Å². The number of nitrogens with zero attached hydrogens (tertiary/aromatic N) is 2. The molecule has 0 saturated carbocycles. The van der Waals surface area contributed by atoms with Crippen LogP contribution in [-0.2, 0) is 11.3 Å². The molecule has 0 spiro atoms. The predicted molar refractivity (Wildman–Crippen MR) is 69.6 cm³/mol. The van der Waals surface area contributed by atoms with Crippen molar-refractivity contribution in [3.8, 4) is 0 Å². The molecule has 0 aliphatic carbocycles. The lowest BCUT2D eigenvalue weighted by Crippen LogP contribution is -2.47. The van der Waals surface area contributed by atoms with Crippen LogP contribution in [0.1, 0.15) is 19.4 Å². The molecule has 1 aromatic heterocycles. The van der Waals surface area contributed by atoms with Crippen LogP contribution >= 0.6 is 23.2 Å². The second kappa shape index (κ2) is 5.11. The van der Waals surface area contributed by atoms with Crippen molar-refractivity contribution in [2.75, 3.05) is 19.7 Å². The Morgan fingerprint density at radius 2 is 2.00 bits per heavy atom. The van der Waals surface area contributed by atoms with Crippen LogP contribution in [-0.4, -0.2) is 35.2 Å². The average molecular weight is 275 g/mol. The third-order valence-electron chi connectivity index (χ3n) is 2.73. The zero-order valence-corrected chi connectivity index (χ0v) is 11.6. The van der Waals surface area contributed by atoms with E-state index in [9.17, 15) is 0 Å². The standard InChI is InChI=1S/C12H16Cl2N2O/c1-12(2)8-16(3-4-17-12)7-9-5-10(13)15-11(14)6-9/h5-6H,3-4,7-8H2,1-2H3. The molecule has 0 aromatic carbocycles. The Labute approximate surface area is 112 Å². The van der Waals surface area contributed by atoms with E-state index < -0.39 is 0 Å². The molecule has 0 unspecified atom stereocenters. The fourth-order valence-electron chi connectivity index (χ4n) is 2.11. The monoisotopic (exact) mass is 274 g/mol. The van der Waals surface area contributed by atoms with E-state index in [0.717, 1.165) is 31.8 Å². The van der Waals surface area contributed by atoms with Gasteiger partial charge in [0.05, 0.1) is 12.2 Å². The van der Waals surface area contributed by atoms with Crippen LogP contribution < -0.4 is 0 Å². The van der Waals surface area contributed by atoms with E-state index in [1.54, 1.807) is 0 Å². The minimum absolute atomic E-state index is 0.0845. The summed E-state index contributed by atoms with van der Waals surface area (Å²) >= 11 is 11.8. The van der Waals surface area contributed by atoms with Gasteiger partial charge >= 0.3 is 0 Å². The first-order valence-electron chi connectivity index (χ1n) is 5.63. The van der Waals surface area contributed by atoms with Crippen molar-refractivity contribution in [3.05, 3.63) is 28.0 Å². The molecule has 1 aliphatic heterocycles. The second-order valence-electron chi connectivity index (χ2n) is 4.94. The summed E-state index contributed by atoms with van der Waals surface area (Å²) in [6, 6.07) is 3.71. The zero-order chi connectivity index (χ0) is 12.5. The van der Waals surface area contributed by atoms with Crippen molar-refractivity contribution in [2.45, 2.75) is 26.0 Å². The summed E-state index contributed by atoms with van der Waals surface area (Å²) in [5, 5.41) is 0.889. The van der Waals surface area contributed by atoms with Crippen LogP contribution in [0.5, 0.6) is 0 Å². The van der Waals surface area contributed by atoms with Crippen molar-refractivity contribution >= 4 is 23.2 Å². The third-order valence-corrected chi connectivity index (χ3v) is 3.12. The molecule has 0 amide bonds. The van der Waals surface area contributed by atoms with E-state index in [2.05, 4.69) is 23.7 Å². The van der Waals surface area contributed by atoms with Crippen molar-refractivity contribution in [1.82, 2.24) is 9.88 Å². The molecule has 5 heteroatoms. The second-order valence-corrected chi connectivity index (χ2v) is 5.71. The highest BCUT2D eigenvalue weighted by atomic mass is 35.5. The van der Waals surface area contributed by atoms with Gasteiger partial charge in [0.15, 0.2) is 0 Å². The SMILES string of the molecule is CC1(C)CN(Cc2cc(Cl)nc(Cl)c2)CCO1. The summed E-state index contributed by atoms with van der Waals surface area (Å²) in [6.07, 6.45) is 0. The van der Waals surface area contributed by atoms with Gasteiger partial charge in [-0.05, 0) is 31.5 Å². The lowest BCUT2D eigenvalue weighted by atomic mass is 10.1. The molecule has 0 N–H and O–H groups in total. The van der Waals surface area contributed by atoms with Gasteiger partial charge in [-0.2, -0.15) is 0 Å². The first kappa shape index (κ1) is 13.1. The maximum atomic E-state index is 5.89. The zero-order valence-electron chi connectivity index (χ0n) is 10.0. The smallest absolute Gasteiger partial charge is 0.131 e. The number of hydrogen-bond acceptors (Lipinski definition) is 3. The molecule has 2 heterocycles. The number of hydrogen-bond donors (Lipinski definition) is 0. The van der Waals surface area contributed by atoms with Crippen molar-refractivity contribution < 1.29 is 4.74 Å². The molecule has 94 valence electrons. The van der Waals surface area contributed by atoms with Gasteiger partial charge < -0.3 is 4.74 Å². The van der Waals surface area contributed by atoms with E-state index in [-0.39, 0.29) is 5.60 Å². The summed E-state index contributed by atoms with van der Waals surface area (Å²) < 4.78 is 5.67. The average Bonchev–Trinajstić information content (AvgIpc) is 2.13. The number of pyridine rings is 1. The molecule has 0 atom stereocenters. The van der Waals surface area contributed by atoms with Gasteiger partial charge in [0.25, 0.3) is 0 Å². The maximum Gasteiger partial charge on any atom is 0.131 e. The van der Waals surface area contributed by atoms with Gasteiger partial charge in [0, 0.05) is 19.6 Å². The molecule has 2 rings (SSSR count). The van der Waals surface area contributed by atoms with E-state index in [4.69, 9.17) is 27.9 Å². The van der Waals surface area contributed by atoms with Crippen LogP contribution in [0.4, 0.5) is 0 Å². The molecule has 0 bridgehead atoms. The van der Waals surface area contributed by atoms with Crippen molar-refractivity contribution in [1.29, 1.82) is 0 Å². The van der Waals surface area contributed by atoms with Gasteiger partial charge in [0.2, 0.25) is 0 Å². The summed E-state index contributed by atoms with van der Waals surface area (Å²) in [4.78, 5) is 6.28. The first-order chi connectivity index (χ1) is 7.94. The lowest BCUT2D eigenvalue weighted by Gasteiger charge is -2.38. The lowest BCUT2D eigenvalue weighted by molar-refractivity contribution is -0.0882. The normalized spacial score (nSPS) is 20.5. The molecule has 1 fully saturated rings. The van der Waals surface area contributed by atoms with Crippen LogP contribution in [0.3, 0.4) is 0 Å². The number of rotatable bonds is 2. The summed E-state index contributed by atoms with van der Waals surface area (Å²) in [6.45, 7) is 7.64. The topological polar surface area (TPSA) is 25.4 Å². The van der Waals surface area contributed by atoms with Gasteiger partial charge in [-0.15, -0.1) is 0 Å².